The molecule has 6 nitrogen and oxygen atoms in total. The smallest absolute Gasteiger partial charge is 0.267 e. The highest BCUT2D eigenvalue weighted by molar-refractivity contribution is 5.66. The molecule has 2 aromatic carbocycles. The lowest BCUT2D eigenvalue weighted by Gasteiger charge is -2.10. The molecule has 1 aromatic heterocycles. The first-order valence-corrected chi connectivity index (χ1v) is 6.87. The maximum Gasteiger partial charge on any atom is 0.267 e. The van der Waals surface area contributed by atoms with E-state index in [1.165, 1.54) is 30.6 Å². The van der Waals surface area contributed by atoms with E-state index in [4.69, 9.17) is 11.3 Å². The van der Waals surface area contributed by atoms with E-state index in [2.05, 4.69) is 20.1 Å². The van der Waals surface area contributed by atoms with Crippen LogP contribution in [0.5, 0.6) is 17.4 Å². The molecule has 118 valence electrons. The highest BCUT2D eigenvalue weighted by Crippen LogP contribution is 2.34. The fourth-order valence-electron chi connectivity index (χ4n) is 1.90. The lowest BCUT2D eigenvalue weighted by molar-refractivity contribution is 0.396. The highest BCUT2D eigenvalue weighted by atomic mass is 19.1. The molecule has 0 unspecified atom stereocenters. The van der Waals surface area contributed by atoms with Crippen LogP contribution in [0.2, 0.25) is 0 Å². The Balaban J connectivity index is 1.82. The van der Waals surface area contributed by atoms with Crippen LogP contribution in [-0.2, 0) is 0 Å². The number of aromatic nitrogens is 2. The summed E-state index contributed by atoms with van der Waals surface area (Å²) in [5.74, 6) is -0.247. The Morgan fingerprint density at radius 3 is 2.42 bits per heavy atom. The molecule has 0 spiro atoms. The Morgan fingerprint density at radius 2 is 1.75 bits per heavy atom. The first-order valence-electron chi connectivity index (χ1n) is 6.87. The fraction of sp³-hybridized carbons (Fsp3) is 0. The normalized spacial score (nSPS) is 10.0. The Labute approximate surface area is 137 Å². The number of benzene rings is 2. The third-order valence-corrected chi connectivity index (χ3v) is 3.08. The van der Waals surface area contributed by atoms with Gasteiger partial charge in [-0.05, 0) is 36.4 Å². The zero-order valence-corrected chi connectivity index (χ0v) is 12.3. The van der Waals surface area contributed by atoms with Crippen molar-refractivity contribution in [2.45, 2.75) is 0 Å². The second-order valence-electron chi connectivity index (χ2n) is 4.72. The van der Waals surface area contributed by atoms with Gasteiger partial charge in [0, 0.05) is 5.69 Å². The summed E-state index contributed by atoms with van der Waals surface area (Å²) < 4.78 is 18.3. The molecule has 3 aromatic rings. The molecular formula is C17H11FN4O2. The molecule has 24 heavy (non-hydrogen) atoms. The van der Waals surface area contributed by atoms with Gasteiger partial charge in [-0.25, -0.2) is 14.2 Å². The molecule has 2 N–H and O–H groups in total. The van der Waals surface area contributed by atoms with Gasteiger partial charge in [0.05, 0.1) is 6.57 Å². The Hall–Kier alpha value is -3.66. The van der Waals surface area contributed by atoms with E-state index in [0.717, 1.165) is 0 Å². The molecule has 3 rings (SSSR count). The van der Waals surface area contributed by atoms with Crippen molar-refractivity contribution in [3.8, 4) is 17.4 Å². The predicted octanol–water partition coefficient (Wildman–Crippen LogP) is 4.41. The van der Waals surface area contributed by atoms with Crippen LogP contribution in [0.25, 0.3) is 4.85 Å². The van der Waals surface area contributed by atoms with Crippen molar-refractivity contribution in [2.24, 2.45) is 0 Å². The van der Waals surface area contributed by atoms with Gasteiger partial charge >= 0.3 is 0 Å². The fourth-order valence-corrected chi connectivity index (χ4v) is 1.90. The van der Waals surface area contributed by atoms with Crippen molar-refractivity contribution in [2.75, 3.05) is 5.32 Å². The second-order valence-corrected chi connectivity index (χ2v) is 4.72. The van der Waals surface area contributed by atoms with Gasteiger partial charge in [0.1, 0.15) is 17.9 Å². The molecular weight excluding hydrogens is 311 g/mol. The van der Waals surface area contributed by atoms with Crippen LogP contribution in [0, 0.1) is 12.4 Å². The zero-order chi connectivity index (χ0) is 16.9. The van der Waals surface area contributed by atoms with Crippen molar-refractivity contribution < 1.29 is 14.2 Å². The van der Waals surface area contributed by atoms with Gasteiger partial charge in [-0.1, -0.05) is 12.1 Å². The van der Waals surface area contributed by atoms with Crippen LogP contribution in [-0.4, -0.2) is 15.1 Å². The summed E-state index contributed by atoms with van der Waals surface area (Å²) >= 11 is 0. The molecule has 1 heterocycles. The largest absolute Gasteiger partial charge is 0.501 e. The van der Waals surface area contributed by atoms with E-state index in [1.807, 2.05) is 0 Å². The van der Waals surface area contributed by atoms with E-state index >= 15 is 0 Å². The molecule has 0 saturated carbocycles. The molecule has 0 saturated heterocycles. The number of halogens is 1. The first-order chi connectivity index (χ1) is 11.7. The van der Waals surface area contributed by atoms with Crippen LogP contribution in [0.15, 0.2) is 54.9 Å². The zero-order valence-electron chi connectivity index (χ0n) is 12.3. The standard InChI is InChI=1S/C17H11FN4O2/c1-19-12-4-6-13(7-5-12)22-16-15(23)17(21-10-20-16)24-14-8-2-11(18)3-9-14/h2-10,23H,(H,20,21,22). The summed E-state index contributed by atoms with van der Waals surface area (Å²) in [4.78, 5) is 11.1. The van der Waals surface area contributed by atoms with Crippen molar-refractivity contribution in [1.82, 2.24) is 9.97 Å². The van der Waals surface area contributed by atoms with E-state index in [1.54, 1.807) is 24.3 Å². The molecule has 0 amide bonds. The molecule has 0 aliphatic carbocycles. The lowest BCUT2D eigenvalue weighted by atomic mass is 10.3. The van der Waals surface area contributed by atoms with Gasteiger partial charge in [0.25, 0.3) is 5.88 Å². The van der Waals surface area contributed by atoms with Crippen molar-refractivity contribution in [1.29, 1.82) is 0 Å². The van der Waals surface area contributed by atoms with Crippen LogP contribution in [0.1, 0.15) is 0 Å². The molecule has 0 aliphatic rings. The molecule has 0 atom stereocenters. The SMILES string of the molecule is [C-]#[N+]c1ccc(Nc2ncnc(Oc3ccc(F)cc3)c2O)cc1. The number of hydrogen-bond acceptors (Lipinski definition) is 5. The molecule has 7 heteroatoms. The first kappa shape index (κ1) is 15.2. The molecule has 0 aliphatic heterocycles. The monoisotopic (exact) mass is 322 g/mol. The molecule has 0 bridgehead atoms. The van der Waals surface area contributed by atoms with Gasteiger partial charge in [-0.3, -0.25) is 0 Å². The number of rotatable bonds is 4. The van der Waals surface area contributed by atoms with Crippen molar-refractivity contribution >= 4 is 17.2 Å². The van der Waals surface area contributed by atoms with Gasteiger partial charge < -0.3 is 15.2 Å². The van der Waals surface area contributed by atoms with Crippen LogP contribution >= 0.6 is 0 Å². The summed E-state index contributed by atoms with van der Waals surface area (Å²) in [6.45, 7) is 6.92. The van der Waals surface area contributed by atoms with Gasteiger partial charge in [-0.15, -0.1) is 0 Å². The van der Waals surface area contributed by atoms with E-state index in [-0.39, 0.29) is 23.3 Å². The highest BCUT2D eigenvalue weighted by Gasteiger charge is 2.12. The molecule has 0 fully saturated rings. The Kier molecular flexibility index (Phi) is 4.21. The lowest BCUT2D eigenvalue weighted by Crippen LogP contribution is -1.97. The minimum absolute atomic E-state index is 0.0584. The summed E-state index contributed by atoms with van der Waals surface area (Å²) in [5.41, 5.74) is 1.15. The van der Waals surface area contributed by atoms with Crippen molar-refractivity contribution in [3.63, 3.8) is 0 Å². The molecule has 0 radical (unpaired) electrons. The Bertz CT molecular complexity index is 890. The van der Waals surface area contributed by atoms with Crippen LogP contribution in [0.3, 0.4) is 0 Å². The van der Waals surface area contributed by atoms with E-state index in [9.17, 15) is 9.50 Å². The summed E-state index contributed by atoms with van der Waals surface area (Å²) in [6, 6.07) is 12.0. The van der Waals surface area contributed by atoms with Gasteiger partial charge in [-0.2, -0.15) is 4.98 Å². The minimum atomic E-state index is -0.389. The number of anilines is 2. The maximum atomic E-state index is 12.9. The van der Waals surface area contributed by atoms with E-state index in [0.29, 0.717) is 17.1 Å². The summed E-state index contributed by atoms with van der Waals surface area (Å²) in [7, 11) is 0. The number of nitrogens with one attached hydrogen (secondary N) is 1. The average Bonchev–Trinajstić information content (AvgIpc) is 2.61. The average molecular weight is 322 g/mol. The van der Waals surface area contributed by atoms with Crippen LogP contribution < -0.4 is 10.1 Å². The summed E-state index contributed by atoms with van der Waals surface area (Å²) in [5, 5.41) is 13.1. The number of aromatic hydroxyl groups is 1. The van der Waals surface area contributed by atoms with Crippen LogP contribution in [0.4, 0.5) is 21.6 Å². The second kappa shape index (κ2) is 6.62. The quantitative estimate of drug-likeness (QED) is 0.696. The van der Waals surface area contributed by atoms with Crippen molar-refractivity contribution in [3.05, 3.63) is 72.1 Å². The number of hydrogen-bond donors (Lipinski definition) is 2. The third-order valence-electron chi connectivity index (χ3n) is 3.08. The van der Waals surface area contributed by atoms with E-state index < -0.39 is 0 Å². The predicted molar refractivity (Wildman–Crippen MR) is 86.2 cm³/mol. The maximum absolute atomic E-state index is 12.9. The number of nitrogens with zero attached hydrogens (tertiary/aromatic N) is 3. The summed E-state index contributed by atoms with van der Waals surface area (Å²) in [6.07, 6.45) is 1.23. The minimum Gasteiger partial charge on any atom is -0.501 e. The van der Waals surface area contributed by atoms with Gasteiger partial charge in [0.2, 0.25) is 5.75 Å². The Morgan fingerprint density at radius 1 is 1.04 bits per heavy atom. The topological polar surface area (TPSA) is 71.6 Å². The van der Waals surface area contributed by atoms with Gasteiger partial charge in [0.15, 0.2) is 11.5 Å². The number of ether oxygens (including phenoxy) is 1. The third kappa shape index (κ3) is 3.39.